The largest absolute Gasteiger partial charge is 0.481 e. The van der Waals surface area contributed by atoms with E-state index in [1.807, 2.05) is 47.1 Å². The minimum atomic E-state index is 0.362. The van der Waals surface area contributed by atoms with Gasteiger partial charge in [-0.3, -0.25) is 4.90 Å². The summed E-state index contributed by atoms with van der Waals surface area (Å²) in [6.07, 6.45) is 5.82. The van der Waals surface area contributed by atoms with E-state index in [0.717, 1.165) is 49.4 Å². The summed E-state index contributed by atoms with van der Waals surface area (Å²) < 4.78 is 7.39. The summed E-state index contributed by atoms with van der Waals surface area (Å²) in [5.74, 6) is 0.920. The van der Waals surface area contributed by atoms with Gasteiger partial charge in [0, 0.05) is 37.5 Å². The fourth-order valence-corrected chi connectivity index (χ4v) is 4.76. The molecular formula is C24H23Cl2N5O. The molecule has 0 saturated carbocycles. The van der Waals surface area contributed by atoms with Gasteiger partial charge >= 0.3 is 0 Å². The average molecular weight is 468 g/mol. The smallest absolute Gasteiger partial charge is 0.222 e. The highest BCUT2D eigenvalue weighted by Crippen LogP contribution is 2.31. The lowest BCUT2D eigenvalue weighted by atomic mass is 9.94. The Morgan fingerprint density at radius 1 is 1.06 bits per heavy atom. The molecule has 0 aliphatic carbocycles. The van der Waals surface area contributed by atoms with Crippen LogP contribution in [0, 0.1) is 0 Å². The SMILES string of the molecule is COc1ncccc1-c1cc2nccc(C3CCCN(Cc4ccc(Cl)c(Cl)c4)C3)n2n1. The molecule has 0 bridgehead atoms. The lowest BCUT2D eigenvalue weighted by Gasteiger charge is -2.33. The third-order valence-electron chi connectivity index (χ3n) is 5.94. The number of methoxy groups -OCH3 is 1. The summed E-state index contributed by atoms with van der Waals surface area (Å²) in [6.45, 7) is 2.85. The monoisotopic (exact) mass is 467 g/mol. The van der Waals surface area contributed by atoms with Crippen molar-refractivity contribution in [2.75, 3.05) is 20.2 Å². The maximum absolute atomic E-state index is 6.21. The molecule has 0 N–H and O–H groups in total. The van der Waals surface area contributed by atoms with Gasteiger partial charge in [-0.05, 0) is 55.3 Å². The quantitative estimate of drug-likeness (QED) is 0.388. The van der Waals surface area contributed by atoms with E-state index in [1.165, 1.54) is 11.3 Å². The van der Waals surface area contributed by atoms with Crippen molar-refractivity contribution in [3.63, 3.8) is 0 Å². The molecule has 1 aromatic carbocycles. The summed E-state index contributed by atoms with van der Waals surface area (Å²) in [5, 5.41) is 6.07. The molecule has 32 heavy (non-hydrogen) atoms. The van der Waals surface area contributed by atoms with E-state index in [1.54, 1.807) is 13.3 Å². The molecule has 0 radical (unpaired) electrons. The predicted molar refractivity (Wildman–Crippen MR) is 126 cm³/mol. The molecule has 0 spiro atoms. The molecule has 1 unspecified atom stereocenters. The molecule has 8 heteroatoms. The Morgan fingerprint density at radius 2 is 1.97 bits per heavy atom. The van der Waals surface area contributed by atoms with Gasteiger partial charge in [0.2, 0.25) is 5.88 Å². The van der Waals surface area contributed by atoms with Crippen molar-refractivity contribution in [3.8, 4) is 17.1 Å². The highest BCUT2D eigenvalue weighted by atomic mass is 35.5. The Balaban J connectivity index is 1.42. The topological polar surface area (TPSA) is 55.6 Å². The molecule has 1 aliphatic rings. The summed E-state index contributed by atoms with van der Waals surface area (Å²) in [5.41, 5.74) is 4.83. The van der Waals surface area contributed by atoms with Gasteiger partial charge in [0.15, 0.2) is 5.65 Å². The summed E-state index contributed by atoms with van der Waals surface area (Å²) >= 11 is 12.3. The Bertz CT molecular complexity index is 1260. The van der Waals surface area contributed by atoms with Crippen LogP contribution in [-0.2, 0) is 6.54 Å². The summed E-state index contributed by atoms with van der Waals surface area (Å²) in [4.78, 5) is 11.3. The van der Waals surface area contributed by atoms with Crippen LogP contribution >= 0.6 is 23.2 Å². The Morgan fingerprint density at radius 3 is 2.81 bits per heavy atom. The zero-order valence-corrected chi connectivity index (χ0v) is 19.2. The van der Waals surface area contributed by atoms with Crippen LogP contribution in [0.25, 0.3) is 16.9 Å². The predicted octanol–water partition coefficient (Wildman–Crippen LogP) is 5.49. The first-order chi connectivity index (χ1) is 15.6. The van der Waals surface area contributed by atoms with Gasteiger partial charge in [0.1, 0.15) is 5.69 Å². The van der Waals surface area contributed by atoms with Gasteiger partial charge in [-0.1, -0.05) is 29.3 Å². The highest BCUT2D eigenvalue weighted by Gasteiger charge is 2.24. The van der Waals surface area contributed by atoms with Crippen LogP contribution in [0.5, 0.6) is 5.88 Å². The van der Waals surface area contributed by atoms with Crippen LogP contribution in [0.3, 0.4) is 0 Å². The molecule has 5 rings (SSSR count). The van der Waals surface area contributed by atoms with Crippen LogP contribution in [-0.4, -0.2) is 44.7 Å². The van der Waals surface area contributed by atoms with Crippen molar-refractivity contribution < 1.29 is 4.74 Å². The molecule has 1 aliphatic heterocycles. The number of hydrogen-bond acceptors (Lipinski definition) is 5. The van der Waals surface area contributed by atoms with Gasteiger partial charge in [-0.25, -0.2) is 14.5 Å². The highest BCUT2D eigenvalue weighted by molar-refractivity contribution is 6.42. The van der Waals surface area contributed by atoms with E-state index < -0.39 is 0 Å². The number of pyridine rings is 1. The molecule has 3 aromatic heterocycles. The third-order valence-corrected chi connectivity index (χ3v) is 6.68. The van der Waals surface area contributed by atoms with E-state index >= 15 is 0 Å². The normalized spacial score (nSPS) is 17.0. The number of fused-ring (bicyclic) bond motifs is 1. The second-order valence-corrected chi connectivity index (χ2v) is 8.87. The Labute approximate surface area is 196 Å². The van der Waals surface area contributed by atoms with Crippen molar-refractivity contribution in [1.82, 2.24) is 24.5 Å². The van der Waals surface area contributed by atoms with E-state index in [2.05, 4.69) is 20.9 Å². The van der Waals surface area contributed by atoms with Crippen LogP contribution in [0.1, 0.15) is 30.0 Å². The zero-order chi connectivity index (χ0) is 22.1. The van der Waals surface area contributed by atoms with E-state index in [4.69, 9.17) is 33.0 Å². The van der Waals surface area contributed by atoms with Gasteiger partial charge in [0.05, 0.1) is 28.4 Å². The van der Waals surface area contributed by atoms with Crippen LogP contribution in [0.15, 0.2) is 54.9 Å². The molecule has 4 aromatic rings. The second kappa shape index (κ2) is 9.06. The van der Waals surface area contributed by atoms with Crippen molar-refractivity contribution >= 4 is 28.8 Å². The number of rotatable bonds is 5. The lowest BCUT2D eigenvalue weighted by molar-refractivity contribution is 0.197. The summed E-state index contributed by atoms with van der Waals surface area (Å²) in [6, 6.07) is 13.8. The molecule has 164 valence electrons. The molecule has 4 heterocycles. The zero-order valence-electron chi connectivity index (χ0n) is 17.7. The van der Waals surface area contributed by atoms with Gasteiger partial charge < -0.3 is 4.74 Å². The second-order valence-electron chi connectivity index (χ2n) is 8.05. The maximum Gasteiger partial charge on any atom is 0.222 e. The van der Waals surface area contributed by atoms with Crippen LogP contribution in [0.2, 0.25) is 10.0 Å². The van der Waals surface area contributed by atoms with Gasteiger partial charge in [0.25, 0.3) is 0 Å². The summed E-state index contributed by atoms with van der Waals surface area (Å²) in [7, 11) is 1.62. The van der Waals surface area contributed by atoms with Crippen molar-refractivity contribution in [2.45, 2.75) is 25.3 Å². The molecule has 1 saturated heterocycles. The number of halogens is 2. The van der Waals surface area contributed by atoms with Gasteiger partial charge in [-0.2, -0.15) is 5.10 Å². The molecular weight excluding hydrogens is 445 g/mol. The number of ether oxygens (including phenoxy) is 1. The fraction of sp³-hybridized carbons (Fsp3) is 0.292. The minimum Gasteiger partial charge on any atom is -0.481 e. The van der Waals surface area contributed by atoms with Crippen LogP contribution < -0.4 is 4.74 Å². The van der Waals surface area contributed by atoms with E-state index in [9.17, 15) is 0 Å². The number of piperidine rings is 1. The maximum atomic E-state index is 6.21. The number of aromatic nitrogens is 4. The first-order valence-corrected chi connectivity index (χ1v) is 11.4. The number of likely N-dealkylation sites (tertiary alicyclic amines) is 1. The van der Waals surface area contributed by atoms with Crippen molar-refractivity contribution in [2.24, 2.45) is 0 Å². The molecule has 1 atom stereocenters. The fourth-order valence-electron chi connectivity index (χ4n) is 4.44. The first-order valence-electron chi connectivity index (χ1n) is 10.6. The van der Waals surface area contributed by atoms with E-state index in [-0.39, 0.29) is 0 Å². The van der Waals surface area contributed by atoms with Crippen molar-refractivity contribution in [1.29, 1.82) is 0 Å². The molecule has 6 nitrogen and oxygen atoms in total. The molecule has 0 amide bonds. The van der Waals surface area contributed by atoms with E-state index in [0.29, 0.717) is 21.8 Å². The third kappa shape index (κ3) is 4.18. The van der Waals surface area contributed by atoms with Crippen LogP contribution in [0.4, 0.5) is 0 Å². The Kier molecular flexibility index (Phi) is 6.00. The lowest BCUT2D eigenvalue weighted by Crippen LogP contribution is -2.34. The standard InChI is InChI=1S/C24H23Cl2N5O/c1-32-24-18(5-2-9-28-24)21-13-23-27-10-8-22(31(23)29-21)17-4-3-11-30(15-17)14-16-6-7-19(25)20(26)12-16/h2,5-10,12-13,17H,3-4,11,14-15H2,1H3. The number of benzene rings is 1. The average Bonchev–Trinajstić information content (AvgIpc) is 3.26. The molecule has 1 fully saturated rings. The Hall–Kier alpha value is -2.67. The number of hydrogen-bond donors (Lipinski definition) is 0. The number of nitrogens with zero attached hydrogens (tertiary/aromatic N) is 5. The van der Waals surface area contributed by atoms with Gasteiger partial charge in [-0.15, -0.1) is 0 Å². The van der Waals surface area contributed by atoms with Crippen molar-refractivity contribution in [3.05, 3.63) is 76.2 Å². The minimum absolute atomic E-state index is 0.362. The first kappa shape index (κ1) is 21.2.